The van der Waals surface area contributed by atoms with Gasteiger partial charge in [0.25, 0.3) is 5.91 Å². The smallest absolute Gasteiger partial charge is 0.270 e. The molecule has 0 radical (unpaired) electrons. The molecule has 2 aromatic heterocycles. The van der Waals surface area contributed by atoms with Crippen LogP contribution in [0.25, 0.3) is 0 Å². The van der Waals surface area contributed by atoms with Crippen LogP contribution < -0.4 is 10.6 Å². The first kappa shape index (κ1) is 20.5. The number of nitrogens with one attached hydrogen (secondary N) is 2. The highest BCUT2D eigenvalue weighted by Crippen LogP contribution is 2.34. The van der Waals surface area contributed by atoms with Crippen LogP contribution in [-0.2, 0) is 6.54 Å². The second-order valence-electron chi connectivity index (χ2n) is 7.72. The second kappa shape index (κ2) is 9.32. The molecule has 3 rings (SSSR count). The van der Waals surface area contributed by atoms with Crippen molar-refractivity contribution in [3.63, 3.8) is 0 Å². The van der Waals surface area contributed by atoms with Crippen LogP contribution in [0, 0.1) is 0 Å². The van der Waals surface area contributed by atoms with Gasteiger partial charge in [0.05, 0.1) is 11.9 Å². The SMILES string of the molecule is CC(C)c1cccc(C(C)C)c1Nc1ccc(C(=O)NCc2ccncc2)nc1. The maximum atomic E-state index is 12.4. The summed E-state index contributed by atoms with van der Waals surface area (Å²) >= 11 is 0. The van der Waals surface area contributed by atoms with E-state index in [2.05, 4.69) is 66.5 Å². The standard InChI is InChI=1S/C24H28N4O/c1-16(2)20-6-5-7-21(17(3)4)23(20)28-19-8-9-22(26-15-19)24(29)27-14-18-10-12-25-13-11-18/h5-13,15-17,28H,14H2,1-4H3,(H,27,29). The molecule has 150 valence electrons. The average Bonchev–Trinajstić information content (AvgIpc) is 2.73. The molecule has 0 saturated heterocycles. The van der Waals surface area contributed by atoms with Gasteiger partial charge < -0.3 is 10.6 Å². The molecule has 0 aliphatic rings. The molecule has 1 aromatic carbocycles. The Kier molecular flexibility index (Phi) is 6.60. The molecule has 29 heavy (non-hydrogen) atoms. The molecule has 0 fully saturated rings. The number of benzene rings is 1. The third kappa shape index (κ3) is 5.19. The molecule has 2 N–H and O–H groups in total. The van der Waals surface area contributed by atoms with Crippen LogP contribution >= 0.6 is 0 Å². The fourth-order valence-corrected chi connectivity index (χ4v) is 3.22. The number of nitrogens with zero attached hydrogens (tertiary/aromatic N) is 2. The minimum atomic E-state index is -0.196. The summed E-state index contributed by atoms with van der Waals surface area (Å²) in [6.07, 6.45) is 5.13. The summed E-state index contributed by atoms with van der Waals surface area (Å²) in [5.41, 5.74) is 5.94. The number of hydrogen-bond donors (Lipinski definition) is 2. The Bertz CT molecular complexity index is 924. The van der Waals surface area contributed by atoms with Crippen molar-refractivity contribution >= 4 is 17.3 Å². The Morgan fingerprint density at radius 3 is 2.14 bits per heavy atom. The lowest BCUT2D eigenvalue weighted by Gasteiger charge is -2.21. The summed E-state index contributed by atoms with van der Waals surface area (Å²) in [5.74, 6) is 0.614. The van der Waals surface area contributed by atoms with Crippen LogP contribution in [0.15, 0.2) is 61.1 Å². The van der Waals surface area contributed by atoms with E-state index < -0.39 is 0 Å². The molecule has 0 aliphatic heterocycles. The highest BCUT2D eigenvalue weighted by molar-refractivity contribution is 5.92. The number of para-hydroxylation sites is 1. The van der Waals surface area contributed by atoms with Gasteiger partial charge in [-0.25, -0.2) is 4.98 Å². The predicted molar refractivity (Wildman–Crippen MR) is 118 cm³/mol. The van der Waals surface area contributed by atoms with Crippen LogP contribution in [0.5, 0.6) is 0 Å². The number of aromatic nitrogens is 2. The zero-order chi connectivity index (χ0) is 20.8. The van der Waals surface area contributed by atoms with Crippen molar-refractivity contribution in [3.8, 4) is 0 Å². The van der Waals surface area contributed by atoms with Gasteiger partial charge in [-0.2, -0.15) is 0 Å². The number of carbonyl (C=O) groups is 1. The maximum absolute atomic E-state index is 12.4. The fourth-order valence-electron chi connectivity index (χ4n) is 3.22. The minimum Gasteiger partial charge on any atom is -0.354 e. The summed E-state index contributed by atoms with van der Waals surface area (Å²) in [6, 6.07) is 13.8. The van der Waals surface area contributed by atoms with Crippen molar-refractivity contribution in [2.24, 2.45) is 0 Å². The average molecular weight is 389 g/mol. The molecule has 3 aromatic rings. The molecule has 0 bridgehead atoms. The molecule has 0 unspecified atom stereocenters. The Morgan fingerprint density at radius 2 is 1.59 bits per heavy atom. The van der Waals surface area contributed by atoms with Crippen molar-refractivity contribution in [1.29, 1.82) is 0 Å². The van der Waals surface area contributed by atoms with Crippen LogP contribution in [0.4, 0.5) is 11.4 Å². The largest absolute Gasteiger partial charge is 0.354 e. The molecule has 0 spiro atoms. The molecule has 0 saturated carbocycles. The summed E-state index contributed by atoms with van der Waals surface area (Å²) < 4.78 is 0. The number of rotatable bonds is 7. The number of carbonyl (C=O) groups excluding carboxylic acids is 1. The Balaban J connectivity index is 1.73. The second-order valence-corrected chi connectivity index (χ2v) is 7.72. The lowest BCUT2D eigenvalue weighted by atomic mass is 9.92. The van der Waals surface area contributed by atoms with E-state index in [0.29, 0.717) is 24.1 Å². The van der Waals surface area contributed by atoms with Crippen LogP contribution in [-0.4, -0.2) is 15.9 Å². The summed E-state index contributed by atoms with van der Waals surface area (Å²) in [6.45, 7) is 9.22. The number of anilines is 2. The van der Waals surface area contributed by atoms with E-state index in [1.165, 1.54) is 11.1 Å². The first-order chi connectivity index (χ1) is 14.0. The Labute approximate surface area is 172 Å². The van der Waals surface area contributed by atoms with Crippen molar-refractivity contribution in [2.75, 3.05) is 5.32 Å². The first-order valence-corrected chi connectivity index (χ1v) is 9.98. The number of hydrogen-bond acceptors (Lipinski definition) is 4. The van der Waals surface area contributed by atoms with E-state index in [0.717, 1.165) is 16.9 Å². The highest BCUT2D eigenvalue weighted by atomic mass is 16.1. The van der Waals surface area contributed by atoms with Gasteiger partial charge in [-0.1, -0.05) is 45.9 Å². The summed E-state index contributed by atoms with van der Waals surface area (Å²) in [7, 11) is 0. The van der Waals surface area contributed by atoms with Gasteiger partial charge in [0.15, 0.2) is 0 Å². The van der Waals surface area contributed by atoms with Gasteiger partial charge in [-0.3, -0.25) is 9.78 Å². The van der Waals surface area contributed by atoms with Gasteiger partial charge in [0, 0.05) is 24.6 Å². The van der Waals surface area contributed by atoms with Gasteiger partial charge in [0.2, 0.25) is 0 Å². The quantitative estimate of drug-likeness (QED) is 0.569. The molecule has 0 aliphatic carbocycles. The minimum absolute atomic E-state index is 0.196. The number of amides is 1. The topological polar surface area (TPSA) is 66.9 Å². The van der Waals surface area contributed by atoms with Crippen molar-refractivity contribution in [3.05, 3.63) is 83.4 Å². The lowest BCUT2D eigenvalue weighted by molar-refractivity contribution is 0.0946. The van der Waals surface area contributed by atoms with Crippen molar-refractivity contribution in [1.82, 2.24) is 15.3 Å². The van der Waals surface area contributed by atoms with Crippen LogP contribution in [0.2, 0.25) is 0 Å². The maximum Gasteiger partial charge on any atom is 0.270 e. The van der Waals surface area contributed by atoms with Crippen molar-refractivity contribution < 1.29 is 4.79 Å². The highest BCUT2D eigenvalue weighted by Gasteiger charge is 2.14. The monoisotopic (exact) mass is 388 g/mol. The Hall–Kier alpha value is -3.21. The predicted octanol–water partition coefficient (Wildman–Crippen LogP) is 5.40. The van der Waals surface area contributed by atoms with Gasteiger partial charge in [0.1, 0.15) is 5.69 Å². The first-order valence-electron chi connectivity index (χ1n) is 9.98. The summed E-state index contributed by atoms with van der Waals surface area (Å²) in [5, 5.41) is 6.41. The normalized spacial score (nSPS) is 11.0. The Morgan fingerprint density at radius 1 is 0.931 bits per heavy atom. The van der Waals surface area contributed by atoms with Crippen LogP contribution in [0.1, 0.15) is 66.7 Å². The number of pyridine rings is 2. The van der Waals surface area contributed by atoms with Gasteiger partial charge in [-0.05, 0) is 52.8 Å². The van der Waals surface area contributed by atoms with Crippen molar-refractivity contribution in [2.45, 2.75) is 46.1 Å². The van der Waals surface area contributed by atoms with Gasteiger partial charge >= 0.3 is 0 Å². The molecule has 5 nitrogen and oxygen atoms in total. The molecule has 2 heterocycles. The summed E-state index contributed by atoms with van der Waals surface area (Å²) in [4.78, 5) is 20.7. The fraction of sp³-hybridized carbons (Fsp3) is 0.292. The van der Waals surface area contributed by atoms with E-state index in [-0.39, 0.29) is 5.91 Å². The van der Waals surface area contributed by atoms with E-state index in [9.17, 15) is 4.79 Å². The van der Waals surface area contributed by atoms with Crippen LogP contribution in [0.3, 0.4) is 0 Å². The molecular weight excluding hydrogens is 360 g/mol. The molecule has 0 atom stereocenters. The third-order valence-electron chi connectivity index (χ3n) is 4.84. The zero-order valence-corrected chi connectivity index (χ0v) is 17.4. The lowest BCUT2D eigenvalue weighted by Crippen LogP contribution is -2.23. The molecule has 1 amide bonds. The third-order valence-corrected chi connectivity index (χ3v) is 4.84. The molecule has 5 heteroatoms. The molecular formula is C24H28N4O. The van der Waals surface area contributed by atoms with E-state index in [4.69, 9.17) is 0 Å². The van der Waals surface area contributed by atoms with Gasteiger partial charge in [-0.15, -0.1) is 0 Å². The van der Waals surface area contributed by atoms with E-state index in [1.807, 2.05) is 18.2 Å². The van der Waals surface area contributed by atoms with E-state index in [1.54, 1.807) is 24.7 Å². The zero-order valence-electron chi connectivity index (χ0n) is 17.4. The van der Waals surface area contributed by atoms with E-state index >= 15 is 0 Å².